The minimum Gasteiger partial charge on any atom is -0.363 e. The molecular formula is C14H14ClFO. The summed E-state index contributed by atoms with van der Waals surface area (Å²) in [5, 5.41) is 0. The first kappa shape index (κ1) is 11.2. The molecule has 1 saturated heterocycles. The third kappa shape index (κ3) is 1.71. The van der Waals surface area contributed by atoms with Crippen LogP contribution in [0.15, 0.2) is 36.4 Å². The number of hydrogen-bond donors (Lipinski definition) is 0. The molecule has 1 nitrogen and oxygen atoms in total. The van der Waals surface area contributed by atoms with Crippen molar-refractivity contribution < 1.29 is 9.13 Å². The SMILES string of the molecule is C=C(Cc1ccccc1F)C1(C2(Cl)CC2)CO1. The summed E-state index contributed by atoms with van der Waals surface area (Å²) in [6.45, 7) is 4.68. The first-order valence-electron chi connectivity index (χ1n) is 5.82. The zero-order valence-corrected chi connectivity index (χ0v) is 10.3. The normalized spacial score (nSPS) is 28.8. The van der Waals surface area contributed by atoms with Gasteiger partial charge >= 0.3 is 0 Å². The lowest BCUT2D eigenvalue weighted by molar-refractivity contribution is 0.319. The molecule has 1 unspecified atom stereocenters. The Bertz CT molecular complexity index is 475. The quantitative estimate of drug-likeness (QED) is 0.454. The Balaban J connectivity index is 1.79. The lowest BCUT2D eigenvalue weighted by Gasteiger charge is -2.20. The largest absolute Gasteiger partial charge is 0.363 e. The third-order valence-corrected chi connectivity index (χ3v) is 4.46. The second kappa shape index (κ2) is 3.56. The van der Waals surface area contributed by atoms with E-state index in [0.29, 0.717) is 18.6 Å². The van der Waals surface area contributed by atoms with Crippen molar-refractivity contribution >= 4 is 11.6 Å². The van der Waals surface area contributed by atoms with Gasteiger partial charge in [-0.1, -0.05) is 24.8 Å². The monoisotopic (exact) mass is 252 g/mol. The van der Waals surface area contributed by atoms with E-state index >= 15 is 0 Å². The summed E-state index contributed by atoms with van der Waals surface area (Å²) in [5.74, 6) is -0.191. The number of benzene rings is 1. The van der Waals surface area contributed by atoms with Crippen LogP contribution in [0.2, 0.25) is 0 Å². The van der Waals surface area contributed by atoms with E-state index in [1.165, 1.54) is 6.07 Å². The number of ether oxygens (including phenoxy) is 1. The number of rotatable bonds is 4. The Morgan fingerprint density at radius 3 is 2.59 bits per heavy atom. The van der Waals surface area contributed by atoms with Crippen LogP contribution >= 0.6 is 11.6 Å². The molecule has 90 valence electrons. The van der Waals surface area contributed by atoms with E-state index in [9.17, 15) is 4.39 Å². The minimum absolute atomic E-state index is 0.191. The second-order valence-electron chi connectivity index (χ2n) is 4.95. The molecule has 17 heavy (non-hydrogen) atoms. The maximum absolute atomic E-state index is 13.6. The van der Waals surface area contributed by atoms with E-state index in [0.717, 1.165) is 18.4 Å². The van der Waals surface area contributed by atoms with Crippen LogP contribution in [0, 0.1) is 5.82 Å². The highest BCUT2D eigenvalue weighted by Crippen LogP contribution is 2.61. The fourth-order valence-electron chi connectivity index (χ4n) is 2.38. The number of hydrogen-bond acceptors (Lipinski definition) is 1. The van der Waals surface area contributed by atoms with Crippen molar-refractivity contribution in [2.24, 2.45) is 0 Å². The van der Waals surface area contributed by atoms with Gasteiger partial charge in [0.25, 0.3) is 0 Å². The Morgan fingerprint density at radius 2 is 2.06 bits per heavy atom. The predicted molar refractivity (Wildman–Crippen MR) is 65.7 cm³/mol. The summed E-state index contributed by atoms with van der Waals surface area (Å²) in [6.07, 6.45) is 2.43. The minimum atomic E-state index is -0.392. The van der Waals surface area contributed by atoms with Crippen molar-refractivity contribution in [3.05, 3.63) is 47.8 Å². The van der Waals surface area contributed by atoms with Crippen LogP contribution in [-0.2, 0) is 11.2 Å². The standard InChI is InChI=1S/C14H14ClFO/c1-10(8-11-4-2-3-5-12(11)16)14(9-17-14)13(15)6-7-13/h2-5H,1,6-9H2. The van der Waals surface area contributed by atoms with Crippen LogP contribution in [0.3, 0.4) is 0 Å². The van der Waals surface area contributed by atoms with E-state index in [1.54, 1.807) is 12.1 Å². The van der Waals surface area contributed by atoms with Crippen molar-refractivity contribution in [2.75, 3.05) is 6.61 Å². The summed E-state index contributed by atoms with van der Waals surface area (Å²) in [7, 11) is 0. The molecule has 1 aromatic carbocycles. The maximum atomic E-state index is 13.6. The van der Waals surface area contributed by atoms with Gasteiger partial charge in [0.05, 0.1) is 11.5 Å². The first-order valence-corrected chi connectivity index (χ1v) is 6.20. The van der Waals surface area contributed by atoms with Crippen LogP contribution in [0.4, 0.5) is 4.39 Å². The number of epoxide rings is 1. The molecule has 1 heterocycles. The van der Waals surface area contributed by atoms with Crippen LogP contribution in [0.5, 0.6) is 0 Å². The lowest BCUT2D eigenvalue weighted by Crippen LogP contribution is -2.30. The maximum Gasteiger partial charge on any atom is 0.132 e. The topological polar surface area (TPSA) is 12.5 Å². The molecular weight excluding hydrogens is 239 g/mol. The molecule has 2 fully saturated rings. The Labute approximate surface area is 105 Å². The molecule has 0 spiro atoms. The van der Waals surface area contributed by atoms with Gasteiger partial charge in [-0.3, -0.25) is 0 Å². The third-order valence-electron chi connectivity index (χ3n) is 3.78. The predicted octanol–water partition coefficient (Wildman–Crippen LogP) is 3.46. The molecule has 0 radical (unpaired) electrons. The van der Waals surface area contributed by atoms with Gasteiger partial charge in [0.2, 0.25) is 0 Å². The van der Waals surface area contributed by atoms with Gasteiger partial charge in [0.1, 0.15) is 11.4 Å². The van der Waals surface area contributed by atoms with Crippen molar-refractivity contribution in [3.63, 3.8) is 0 Å². The summed E-state index contributed by atoms with van der Waals surface area (Å²) in [6, 6.07) is 6.77. The fraction of sp³-hybridized carbons (Fsp3) is 0.429. The molecule has 1 aliphatic carbocycles. The van der Waals surface area contributed by atoms with Crippen LogP contribution in [-0.4, -0.2) is 17.1 Å². The summed E-state index contributed by atoms with van der Waals surface area (Å²) < 4.78 is 19.1. The first-order chi connectivity index (χ1) is 8.07. The highest BCUT2D eigenvalue weighted by molar-refractivity contribution is 6.27. The summed E-state index contributed by atoms with van der Waals surface area (Å²) >= 11 is 6.42. The number of alkyl halides is 1. The zero-order chi connectivity index (χ0) is 12.1. The molecule has 1 saturated carbocycles. The highest BCUT2D eigenvalue weighted by atomic mass is 35.5. The van der Waals surface area contributed by atoms with E-state index in [-0.39, 0.29) is 10.7 Å². The van der Waals surface area contributed by atoms with Gasteiger partial charge in [-0.15, -0.1) is 11.6 Å². The average Bonchev–Trinajstić information content (AvgIpc) is 3.16. The van der Waals surface area contributed by atoms with Gasteiger partial charge < -0.3 is 4.74 Å². The van der Waals surface area contributed by atoms with E-state index in [2.05, 4.69) is 6.58 Å². The molecule has 1 aliphatic heterocycles. The average molecular weight is 253 g/mol. The molecule has 1 aromatic rings. The Hall–Kier alpha value is -0.860. The van der Waals surface area contributed by atoms with Gasteiger partial charge in [-0.25, -0.2) is 4.39 Å². The van der Waals surface area contributed by atoms with E-state index in [1.807, 2.05) is 6.07 Å². The Morgan fingerprint density at radius 1 is 1.41 bits per heavy atom. The van der Waals surface area contributed by atoms with Gasteiger partial charge in [-0.2, -0.15) is 0 Å². The highest BCUT2D eigenvalue weighted by Gasteiger charge is 2.68. The van der Waals surface area contributed by atoms with Crippen molar-refractivity contribution in [3.8, 4) is 0 Å². The zero-order valence-electron chi connectivity index (χ0n) is 9.51. The van der Waals surface area contributed by atoms with Crippen molar-refractivity contribution in [1.82, 2.24) is 0 Å². The molecule has 3 heteroatoms. The second-order valence-corrected chi connectivity index (χ2v) is 5.68. The number of halogens is 2. The molecule has 0 amide bonds. The van der Waals surface area contributed by atoms with E-state index in [4.69, 9.17) is 16.3 Å². The van der Waals surface area contributed by atoms with E-state index < -0.39 is 5.60 Å². The smallest absolute Gasteiger partial charge is 0.132 e. The fourth-order valence-corrected chi connectivity index (χ4v) is 2.72. The molecule has 2 aliphatic rings. The molecule has 1 atom stereocenters. The van der Waals surface area contributed by atoms with Crippen LogP contribution < -0.4 is 0 Å². The molecule has 0 N–H and O–H groups in total. The molecule has 3 rings (SSSR count). The van der Waals surface area contributed by atoms with Gasteiger partial charge in [-0.05, 0) is 36.5 Å². The van der Waals surface area contributed by atoms with Gasteiger partial charge in [0, 0.05) is 0 Å². The summed E-state index contributed by atoms with van der Waals surface area (Å²) in [5.41, 5.74) is 1.17. The molecule has 0 bridgehead atoms. The summed E-state index contributed by atoms with van der Waals surface area (Å²) in [4.78, 5) is -0.269. The van der Waals surface area contributed by atoms with Gasteiger partial charge in [0.15, 0.2) is 0 Å². The van der Waals surface area contributed by atoms with Crippen molar-refractivity contribution in [2.45, 2.75) is 29.7 Å². The Kier molecular flexibility index (Phi) is 2.36. The van der Waals surface area contributed by atoms with Crippen LogP contribution in [0.1, 0.15) is 18.4 Å². The van der Waals surface area contributed by atoms with Crippen LogP contribution in [0.25, 0.3) is 0 Å². The molecule has 0 aromatic heterocycles. The lowest BCUT2D eigenvalue weighted by atomic mass is 9.90. The van der Waals surface area contributed by atoms with Crippen molar-refractivity contribution in [1.29, 1.82) is 0 Å².